The first-order valence-electron chi connectivity index (χ1n) is 8.89. The van der Waals surface area contributed by atoms with Gasteiger partial charge in [0.25, 0.3) is 0 Å². The number of Topliss-reactive ketones (excluding diaryl/α,β-unsaturated/α-hetero) is 1. The van der Waals surface area contributed by atoms with Gasteiger partial charge in [-0.1, -0.05) is 12.1 Å². The maximum Gasteiger partial charge on any atom is 0.196 e. The Morgan fingerprint density at radius 2 is 1.96 bits per heavy atom. The fourth-order valence-electron chi connectivity index (χ4n) is 2.99. The van der Waals surface area contributed by atoms with Gasteiger partial charge >= 0.3 is 0 Å². The van der Waals surface area contributed by atoms with Crippen LogP contribution in [0, 0.1) is 0 Å². The van der Waals surface area contributed by atoms with Gasteiger partial charge in [-0.25, -0.2) is 4.98 Å². The van der Waals surface area contributed by atoms with Crippen molar-refractivity contribution in [3.63, 3.8) is 0 Å². The Kier molecular flexibility index (Phi) is 4.85. The molecule has 1 aliphatic heterocycles. The molecular weight excluding hydrogens is 356 g/mol. The van der Waals surface area contributed by atoms with Crippen LogP contribution in [0.3, 0.4) is 0 Å². The molecule has 6 nitrogen and oxygen atoms in total. The summed E-state index contributed by atoms with van der Waals surface area (Å²) in [7, 11) is 3.50. The summed E-state index contributed by atoms with van der Waals surface area (Å²) >= 11 is 0. The molecule has 0 saturated heterocycles. The van der Waals surface area contributed by atoms with Gasteiger partial charge in [0.1, 0.15) is 36.3 Å². The van der Waals surface area contributed by atoms with Crippen LogP contribution >= 0.6 is 0 Å². The molecule has 0 saturated carbocycles. The van der Waals surface area contributed by atoms with Gasteiger partial charge in [-0.3, -0.25) is 4.79 Å². The average molecular weight is 376 g/mol. The van der Waals surface area contributed by atoms with E-state index in [0.717, 1.165) is 17.1 Å². The maximum atomic E-state index is 12.8. The lowest BCUT2D eigenvalue weighted by molar-refractivity contribution is 0.100. The molecule has 0 atom stereocenters. The third-order valence-electron chi connectivity index (χ3n) is 4.62. The van der Waals surface area contributed by atoms with Gasteiger partial charge in [-0.05, 0) is 42.0 Å². The lowest BCUT2D eigenvalue weighted by Gasteiger charge is -2.19. The monoisotopic (exact) mass is 376 g/mol. The summed E-state index contributed by atoms with van der Waals surface area (Å²) in [6.45, 7) is 0.643. The largest absolute Gasteiger partial charge is 0.497 e. The predicted octanol–water partition coefficient (Wildman–Crippen LogP) is 3.67. The first-order chi connectivity index (χ1) is 13.6. The summed E-state index contributed by atoms with van der Waals surface area (Å²) in [5.41, 5.74) is 2.02. The molecule has 2 heterocycles. The standard InChI is InChI=1S/C22H20N2O4/c1-24-10-9-23-21(24)14-27-17-5-3-15(4-6-17)11-16-13-28-20-8-7-18(26-2)12-19(20)22(16)25/h3-12H,13-14H2,1-2H3/b16-11-. The smallest absolute Gasteiger partial charge is 0.196 e. The molecule has 0 amide bonds. The van der Waals surface area contributed by atoms with Crippen molar-refractivity contribution < 1.29 is 19.0 Å². The number of benzene rings is 2. The fraction of sp³-hybridized carbons (Fsp3) is 0.182. The van der Waals surface area contributed by atoms with Crippen LogP contribution in [0.5, 0.6) is 17.2 Å². The van der Waals surface area contributed by atoms with E-state index in [1.165, 1.54) is 0 Å². The molecule has 0 radical (unpaired) electrons. The lowest BCUT2D eigenvalue weighted by atomic mass is 9.98. The van der Waals surface area contributed by atoms with E-state index >= 15 is 0 Å². The van der Waals surface area contributed by atoms with Gasteiger partial charge in [0.15, 0.2) is 5.78 Å². The second kappa shape index (κ2) is 7.60. The van der Waals surface area contributed by atoms with E-state index < -0.39 is 0 Å². The molecule has 0 spiro atoms. The summed E-state index contributed by atoms with van der Waals surface area (Å²) < 4.78 is 18.6. The van der Waals surface area contributed by atoms with Crippen LogP contribution in [-0.4, -0.2) is 29.1 Å². The van der Waals surface area contributed by atoms with E-state index in [9.17, 15) is 4.79 Å². The molecule has 0 bridgehead atoms. The van der Waals surface area contributed by atoms with Gasteiger partial charge in [-0.15, -0.1) is 0 Å². The Balaban J connectivity index is 1.48. The lowest BCUT2D eigenvalue weighted by Crippen LogP contribution is -2.19. The van der Waals surface area contributed by atoms with Crippen molar-refractivity contribution >= 4 is 11.9 Å². The molecule has 142 valence electrons. The number of hydrogen-bond acceptors (Lipinski definition) is 5. The third kappa shape index (κ3) is 3.62. The minimum absolute atomic E-state index is 0.0461. The number of fused-ring (bicyclic) bond motifs is 1. The van der Waals surface area contributed by atoms with Gasteiger partial charge in [-0.2, -0.15) is 0 Å². The molecule has 0 N–H and O–H groups in total. The molecule has 0 aliphatic carbocycles. The first kappa shape index (κ1) is 17.9. The van der Waals surface area contributed by atoms with E-state index in [1.807, 2.05) is 48.2 Å². The molecule has 1 aromatic heterocycles. The van der Waals surface area contributed by atoms with Crippen molar-refractivity contribution in [1.82, 2.24) is 9.55 Å². The van der Waals surface area contributed by atoms with Crippen molar-refractivity contribution in [2.45, 2.75) is 6.61 Å². The Bertz CT molecular complexity index is 1030. The highest BCUT2D eigenvalue weighted by molar-refractivity contribution is 6.14. The van der Waals surface area contributed by atoms with Crippen LogP contribution in [0.1, 0.15) is 21.7 Å². The summed E-state index contributed by atoms with van der Waals surface area (Å²) in [4.78, 5) is 17.0. The molecular formula is C22H20N2O4. The number of aromatic nitrogens is 2. The Hall–Kier alpha value is -3.54. The average Bonchev–Trinajstić information content (AvgIpc) is 3.14. The number of nitrogens with zero attached hydrogens (tertiary/aromatic N) is 2. The predicted molar refractivity (Wildman–Crippen MR) is 105 cm³/mol. The molecule has 3 aromatic rings. The van der Waals surface area contributed by atoms with Gasteiger partial charge in [0.05, 0.1) is 12.7 Å². The van der Waals surface area contributed by atoms with Crippen LogP contribution in [0.4, 0.5) is 0 Å². The van der Waals surface area contributed by atoms with Crippen LogP contribution in [-0.2, 0) is 13.7 Å². The highest BCUT2D eigenvalue weighted by Crippen LogP contribution is 2.31. The van der Waals surface area contributed by atoms with E-state index in [0.29, 0.717) is 29.2 Å². The van der Waals surface area contributed by atoms with E-state index in [2.05, 4.69) is 4.98 Å². The molecule has 2 aromatic carbocycles. The van der Waals surface area contributed by atoms with Gasteiger partial charge in [0, 0.05) is 25.0 Å². The van der Waals surface area contributed by atoms with Crippen LogP contribution in [0.15, 0.2) is 60.4 Å². The number of aryl methyl sites for hydroxylation is 1. The first-order valence-corrected chi connectivity index (χ1v) is 8.89. The number of ether oxygens (including phenoxy) is 3. The Morgan fingerprint density at radius 1 is 1.18 bits per heavy atom. The third-order valence-corrected chi connectivity index (χ3v) is 4.62. The van der Waals surface area contributed by atoms with Crippen molar-refractivity contribution in [3.8, 4) is 17.2 Å². The van der Waals surface area contributed by atoms with Crippen molar-refractivity contribution in [2.75, 3.05) is 13.7 Å². The zero-order valence-corrected chi connectivity index (χ0v) is 15.7. The SMILES string of the molecule is COc1ccc2c(c1)C(=O)/C(=C\c1ccc(OCc3nccn3C)cc1)CO2. The molecule has 6 heteroatoms. The number of carbonyl (C=O) groups excluding carboxylic acids is 1. The van der Waals surface area contributed by atoms with E-state index in [4.69, 9.17) is 14.2 Å². The molecule has 0 unspecified atom stereocenters. The van der Waals surface area contributed by atoms with Gasteiger partial charge < -0.3 is 18.8 Å². The zero-order valence-electron chi connectivity index (χ0n) is 15.7. The van der Waals surface area contributed by atoms with Crippen LogP contribution in [0.2, 0.25) is 0 Å². The van der Waals surface area contributed by atoms with Crippen LogP contribution < -0.4 is 14.2 Å². The summed E-state index contributed by atoms with van der Waals surface area (Å²) in [5, 5.41) is 0. The number of hydrogen-bond donors (Lipinski definition) is 0. The number of carbonyl (C=O) groups is 1. The van der Waals surface area contributed by atoms with Crippen molar-refractivity contribution in [2.24, 2.45) is 7.05 Å². The zero-order chi connectivity index (χ0) is 19.5. The van der Waals surface area contributed by atoms with E-state index in [1.54, 1.807) is 31.5 Å². The molecule has 0 fully saturated rings. The quantitative estimate of drug-likeness (QED) is 0.636. The number of ketones is 1. The molecule has 1 aliphatic rings. The summed E-state index contributed by atoms with van der Waals surface area (Å²) in [6, 6.07) is 12.8. The topological polar surface area (TPSA) is 62.6 Å². The molecule has 28 heavy (non-hydrogen) atoms. The Morgan fingerprint density at radius 3 is 2.68 bits per heavy atom. The Labute approximate surface area is 163 Å². The fourth-order valence-corrected chi connectivity index (χ4v) is 2.99. The number of imidazole rings is 1. The minimum atomic E-state index is -0.0461. The number of rotatable bonds is 5. The normalized spacial score (nSPS) is 14.5. The van der Waals surface area contributed by atoms with Crippen molar-refractivity contribution in [1.29, 1.82) is 0 Å². The highest BCUT2D eigenvalue weighted by atomic mass is 16.5. The molecule has 4 rings (SSSR count). The van der Waals surface area contributed by atoms with Crippen LogP contribution in [0.25, 0.3) is 6.08 Å². The summed E-state index contributed by atoms with van der Waals surface area (Å²) in [5.74, 6) is 2.76. The minimum Gasteiger partial charge on any atom is -0.497 e. The summed E-state index contributed by atoms with van der Waals surface area (Å²) in [6.07, 6.45) is 5.46. The van der Waals surface area contributed by atoms with E-state index in [-0.39, 0.29) is 12.4 Å². The highest BCUT2D eigenvalue weighted by Gasteiger charge is 2.23. The second-order valence-corrected chi connectivity index (χ2v) is 6.46. The van der Waals surface area contributed by atoms with Gasteiger partial charge in [0.2, 0.25) is 0 Å². The second-order valence-electron chi connectivity index (χ2n) is 6.46. The van der Waals surface area contributed by atoms with Crippen molar-refractivity contribution in [3.05, 3.63) is 77.4 Å². The maximum absolute atomic E-state index is 12.8. The number of methoxy groups -OCH3 is 1.